The molecule has 2 N–H and O–H groups in total. The molecular weight excluding hydrogens is 112 g/mol. The van der Waals surface area contributed by atoms with Crippen LogP contribution in [0.2, 0.25) is 0 Å². The summed E-state index contributed by atoms with van der Waals surface area (Å²) >= 11 is 0. The fourth-order valence-electron chi connectivity index (χ4n) is 2.07. The molecular formula is C7H14N2. The van der Waals surface area contributed by atoms with Gasteiger partial charge in [-0.2, -0.15) is 7.05 Å². The van der Waals surface area contributed by atoms with Gasteiger partial charge in [0.1, 0.15) is 0 Å². The number of hydrogen-bond donors (Lipinski definition) is 2. The van der Waals surface area contributed by atoms with Crippen LogP contribution in [0.15, 0.2) is 0 Å². The summed E-state index contributed by atoms with van der Waals surface area (Å²) in [6.07, 6.45) is 1.38. The molecule has 3 atom stereocenters. The van der Waals surface area contributed by atoms with Gasteiger partial charge in [0.2, 0.25) is 0 Å². The van der Waals surface area contributed by atoms with Crippen molar-refractivity contribution in [2.75, 3.05) is 19.6 Å². The SMILES string of the molecule is [CH2-][NH+]1C[C@@H]2CCN[C@@H]2C1. The molecule has 2 nitrogen and oxygen atoms in total. The number of fused-ring (bicyclic) bond motifs is 1. The first kappa shape index (κ1) is 5.69. The molecule has 52 valence electrons. The van der Waals surface area contributed by atoms with Gasteiger partial charge < -0.3 is 10.2 Å². The van der Waals surface area contributed by atoms with Crippen LogP contribution in [0.5, 0.6) is 0 Å². The average Bonchev–Trinajstić information content (AvgIpc) is 2.22. The van der Waals surface area contributed by atoms with E-state index >= 15 is 0 Å². The van der Waals surface area contributed by atoms with Crippen molar-refractivity contribution >= 4 is 0 Å². The molecule has 2 heterocycles. The number of likely N-dealkylation sites (tertiary alicyclic amines) is 1. The third-order valence-electron chi connectivity index (χ3n) is 2.55. The lowest BCUT2D eigenvalue weighted by atomic mass is 10.1. The van der Waals surface area contributed by atoms with E-state index < -0.39 is 0 Å². The second kappa shape index (κ2) is 1.96. The van der Waals surface area contributed by atoms with Crippen LogP contribution < -0.4 is 10.2 Å². The van der Waals surface area contributed by atoms with E-state index in [4.69, 9.17) is 0 Å². The summed E-state index contributed by atoms with van der Waals surface area (Å²) in [7, 11) is 4.00. The molecule has 1 unspecified atom stereocenters. The molecule has 2 fully saturated rings. The van der Waals surface area contributed by atoms with Crippen LogP contribution in [0.1, 0.15) is 6.42 Å². The van der Waals surface area contributed by atoms with Gasteiger partial charge in [-0.25, -0.2) is 0 Å². The monoisotopic (exact) mass is 126 g/mol. The van der Waals surface area contributed by atoms with E-state index in [0.29, 0.717) is 0 Å². The van der Waals surface area contributed by atoms with Crippen molar-refractivity contribution in [1.82, 2.24) is 5.32 Å². The first-order chi connectivity index (χ1) is 4.36. The molecule has 2 aliphatic rings. The highest BCUT2D eigenvalue weighted by molar-refractivity contribution is 4.85. The van der Waals surface area contributed by atoms with Crippen LogP contribution in [0.25, 0.3) is 0 Å². The van der Waals surface area contributed by atoms with Crippen molar-refractivity contribution in [2.45, 2.75) is 12.5 Å². The van der Waals surface area contributed by atoms with Crippen LogP contribution in [0.3, 0.4) is 0 Å². The van der Waals surface area contributed by atoms with Gasteiger partial charge in [0, 0.05) is 5.92 Å². The van der Waals surface area contributed by atoms with Crippen molar-refractivity contribution in [1.29, 1.82) is 0 Å². The third kappa shape index (κ3) is 0.864. The van der Waals surface area contributed by atoms with E-state index in [-0.39, 0.29) is 0 Å². The summed E-state index contributed by atoms with van der Waals surface area (Å²) in [5.41, 5.74) is 0. The Labute approximate surface area is 56.2 Å². The van der Waals surface area contributed by atoms with E-state index in [0.717, 1.165) is 12.0 Å². The Bertz CT molecular complexity index is 101. The molecule has 0 saturated carbocycles. The van der Waals surface area contributed by atoms with Crippen LogP contribution in [-0.4, -0.2) is 25.7 Å². The molecule has 2 rings (SSSR count). The van der Waals surface area contributed by atoms with Crippen molar-refractivity contribution in [2.24, 2.45) is 5.92 Å². The zero-order valence-corrected chi connectivity index (χ0v) is 5.69. The van der Waals surface area contributed by atoms with Gasteiger partial charge in [-0.3, -0.25) is 0 Å². The number of rotatable bonds is 0. The predicted octanol–water partition coefficient (Wildman–Crippen LogP) is -1.35. The van der Waals surface area contributed by atoms with Gasteiger partial charge >= 0.3 is 0 Å². The largest absolute Gasteiger partial charge is 0.466 e. The average molecular weight is 126 g/mol. The Morgan fingerprint density at radius 1 is 1.44 bits per heavy atom. The van der Waals surface area contributed by atoms with Crippen molar-refractivity contribution < 1.29 is 4.90 Å². The molecule has 2 heteroatoms. The minimum Gasteiger partial charge on any atom is -0.466 e. The highest BCUT2D eigenvalue weighted by Crippen LogP contribution is 2.15. The Hall–Kier alpha value is -0.0800. The van der Waals surface area contributed by atoms with Gasteiger partial charge in [-0.1, -0.05) is 0 Å². The lowest BCUT2D eigenvalue weighted by Gasteiger charge is -2.13. The van der Waals surface area contributed by atoms with E-state index in [1.807, 2.05) is 0 Å². The number of quaternary nitrogens is 1. The van der Waals surface area contributed by atoms with Gasteiger partial charge in [-0.15, -0.1) is 0 Å². The number of nitrogens with one attached hydrogen (secondary N) is 2. The summed E-state index contributed by atoms with van der Waals surface area (Å²) in [6.45, 7) is 3.77. The fraction of sp³-hybridized carbons (Fsp3) is 0.857. The van der Waals surface area contributed by atoms with Crippen LogP contribution in [-0.2, 0) is 0 Å². The maximum absolute atomic E-state index is 4.00. The quantitative estimate of drug-likeness (QED) is 0.384. The van der Waals surface area contributed by atoms with Crippen molar-refractivity contribution in [3.63, 3.8) is 0 Å². The minimum atomic E-state index is 0.803. The Morgan fingerprint density at radius 2 is 2.33 bits per heavy atom. The maximum Gasteiger partial charge on any atom is 0.0691 e. The summed E-state index contributed by atoms with van der Waals surface area (Å²) in [4.78, 5) is 1.46. The number of hydrogen-bond acceptors (Lipinski definition) is 1. The van der Waals surface area contributed by atoms with Crippen LogP contribution in [0, 0.1) is 13.0 Å². The second-order valence-electron chi connectivity index (χ2n) is 3.27. The molecule has 0 amide bonds. The molecule has 0 aromatic carbocycles. The van der Waals surface area contributed by atoms with Crippen LogP contribution in [0.4, 0.5) is 0 Å². The molecule has 0 aliphatic carbocycles. The van der Waals surface area contributed by atoms with Gasteiger partial charge in [-0.05, 0) is 13.0 Å². The van der Waals surface area contributed by atoms with Gasteiger partial charge in [0.25, 0.3) is 0 Å². The standard InChI is InChI=1S/C7H14N2/c1-9-4-6-2-3-8-7(6)5-9/h6-9H,1-5H2/t6-,7+/m0/s1. The van der Waals surface area contributed by atoms with Gasteiger partial charge in [0.15, 0.2) is 0 Å². The normalized spacial score (nSPS) is 49.7. The predicted molar refractivity (Wildman–Crippen MR) is 36.0 cm³/mol. The van der Waals surface area contributed by atoms with E-state index in [9.17, 15) is 0 Å². The van der Waals surface area contributed by atoms with Crippen LogP contribution >= 0.6 is 0 Å². The summed E-state index contributed by atoms with van der Waals surface area (Å²) < 4.78 is 0. The van der Waals surface area contributed by atoms with E-state index in [1.165, 1.54) is 31.0 Å². The molecule has 0 radical (unpaired) electrons. The topological polar surface area (TPSA) is 16.5 Å². The van der Waals surface area contributed by atoms with E-state index in [2.05, 4.69) is 12.4 Å². The van der Waals surface area contributed by atoms with Gasteiger partial charge in [0.05, 0.1) is 19.1 Å². The smallest absolute Gasteiger partial charge is 0.0691 e. The highest BCUT2D eigenvalue weighted by atomic mass is 15.2. The third-order valence-corrected chi connectivity index (χ3v) is 2.55. The molecule has 0 spiro atoms. The Kier molecular flexibility index (Phi) is 1.24. The molecule has 0 bridgehead atoms. The lowest BCUT2D eigenvalue weighted by Crippen LogP contribution is -3.05. The first-order valence-electron chi connectivity index (χ1n) is 3.76. The maximum atomic E-state index is 4.00. The highest BCUT2D eigenvalue weighted by Gasteiger charge is 2.35. The fourth-order valence-corrected chi connectivity index (χ4v) is 2.07. The zero-order valence-electron chi connectivity index (χ0n) is 5.69. The molecule has 2 saturated heterocycles. The van der Waals surface area contributed by atoms with Crippen molar-refractivity contribution in [3.05, 3.63) is 7.05 Å². The molecule has 9 heavy (non-hydrogen) atoms. The summed E-state index contributed by atoms with van der Waals surface area (Å²) in [5, 5.41) is 3.49. The Morgan fingerprint density at radius 3 is 3.11 bits per heavy atom. The first-order valence-corrected chi connectivity index (χ1v) is 3.76. The Balaban J connectivity index is 2.02. The lowest BCUT2D eigenvalue weighted by molar-refractivity contribution is -0.842. The molecule has 0 aromatic rings. The van der Waals surface area contributed by atoms with Crippen molar-refractivity contribution in [3.8, 4) is 0 Å². The molecule has 0 aromatic heterocycles. The summed E-state index contributed by atoms with van der Waals surface area (Å²) in [6, 6.07) is 0.803. The zero-order chi connectivity index (χ0) is 6.27. The minimum absolute atomic E-state index is 0.803. The second-order valence-corrected chi connectivity index (χ2v) is 3.27. The summed E-state index contributed by atoms with van der Waals surface area (Å²) in [5.74, 6) is 0.942. The molecule has 2 aliphatic heterocycles. The van der Waals surface area contributed by atoms with E-state index in [1.54, 1.807) is 0 Å².